The lowest BCUT2D eigenvalue weighted by Gasteiger charge is -2.05. The van der Waals surface area contributed by atoms with Crippen LogP contribution < -0.4 is 5.32 Å². The Morgan fingerprint density at radius 1 is 1.17 bits per heavy atom. The molecule has 0 bridgehead atoms. The van der Waals surface area contributed by atoms with Gasteiger partial charge in [-0.2, -0.15) is 5.10 Å². The minimum absolute atomic E-state index is 0.605. The highest BCUT2D eigenvalue weighted by Gasteiger charge is 1.97. The average molecular weight is 257 g/mol. The first-order chi connectivity index (χ1) is 8.86. The van der Waals surface area contributed by atoms with Gasteiger partial charge in [-0.3, -0.25) is 4.68 Å². The molecule has 6 heteroatoms. The zero-order valence-electron chi connectivity index (χ0n) is 11.2. The van der Waals surface area contributed by atoms with E-state index < -0.39 is 0 Å². The molecule has 18 heavy (non-hydrogen) atoms. The molecule has 0 fully saturated rings. The van der Waals surface area contributed by atoms with Crippen LogP contribution in [0, 0.1) is 0 Å². The first-order valence-corrected chi connectivity index (χ1v) is 6.17. The summed E-state index contributed by atoms with van der Waals surface area (Å²) in [5.41, 5.74) is 1.18. The molecule has 1 N–H and O–H groups in total. The fourth-order valence-electron chi connectivity index (χ4n) is 1.45. The molecular weight excluding hydrogens is 234 g/mol. The number of hydrogen-bond donors (Lipinski definition) is 1. The van der Waals surface area contributed by atoms with E-state index in [1.807, 2.05) is 24.1 Å². The summed E-state index contributed by atoms with van der Waals surface area (Å²) in [5, 5.41) is 7.33. The largest absolute Gasteiger partial charge is 0.382 e. The maximum absolute atomic E-state index is 5.44. The maximum Gasteiger partial charge on any atom is 0.0701 e. The van der Waals surface area contributed by atoms with Crippen molar-refractivity contribution in [3.63, 3.8) is 0 Å². The number of methoxy groups -OCH3 is 1. The first kappa shape index (κ1) is 15.1. The Balaban J connectivity index is 1.96. The van der Waals surface area contributed by atoms with Crippen LogP contribution in [0.25, 0.3) is 0 Å². The van der Waals surface area contributed by atoms with Gasteiger partial charge >= 0.3 is 0 Å². The number of ether oxygens (including phenoxy) is 3. The van der Waals surface area contributed by atoms with Crippen LogP contribution >= 0.6 is 0 Å². The lowest BCUT2D eigenvalue weighted by Crippen LogP contribution is -2.12. The van der Waals surface area contributed by atoms with E-state index in [2.05, 4.69) is 10.4 Å². The van der Waals surface area contributed by atoms with Crippen LogP contribution in [0.15, 0.2) is 12.4 Å². The van der Waals surface area contributed by atoms with Crippen molar-refractivity contribution in [1.29, 1.82) is 0 Å². The summed E-state index contributed by atoms with van der Waals surface area (Å²) in [6, 6.07) is 0. The third kappa shape index (κ3) is 6.70. The number of nitrogens with one attached hydrogen (secondary N) is 1. The van der Waals surface area contributed by atoms with Gasteiger partial charge in [0.2, 0.25) is 0 Å². The number of rotatable bonds is 11. The summed E-state index contributed by atoms with van der Waals surface area (Å²) in [5.74, 6) is 0. The maximum atomic E-state index is 5.44. The van der Waals surface area contributed by atoms with E-state index in [1.54, 1.807) is 7.11 Å². The van der Waals surface area contributed by atoms with Gasteiger partial charge in [0.25, 0.3) is 0 Å². The van der Waals surface area contributed by atoms with Crippen molar-refractivity contribution in [2.75, 3.05) is 47.2 Å². The molecule has 1 rings (SSSR count). The van der Waals surface area contributed by atoms with E-state index in [9.17, 15) is 0 Å². The highest BCUT2D eigenvalue weighted by atomic mass is 16.5. The van der Waals surface area contributed by atoms with Gasteiger partial charge < -0.3 is 19.5 Å². The Hall–Kier alpha value is -0.950. The zero-order chi connectivity index (χ0) is 13.1. The summed E-state index contributed by atoms with van der Waals surface area (Å²) in [6.07, 6.45) is 3.89. The average Bonchev–Trinajstić information content (AvgIpc) is 2.81. The molecule has 0 saturated heterocycles. The van der Waals surface area contributed by atoms with Crippen LogP contribution in [0.3, 0.4) is 0 Å². The molecule has 0 saturated carbocycles. The summed E-state index contributed by atoms with van der Waals surface area (Å²) in [7, 11) is 3.58. The second-order valence-corrected chi connectivity index (χ2v) is 3.86. The molecular formula is C12H23N3O3. The van der Waals surface area contributed by atoms with E-state index >= 15 is 0 Å². The van der Waals surface area contributed by atoms with Crippen molar-refractivity contribution >= 4 is 0 Å². The standard InChI is InChI=1S/C12H23N3O3/c1-13-9-12-10-14-15(11-12)3-4-17-7-8-18-6-5-16-2/h10-11,13H,3-9H2,1-2H3. The highest BCUT2D eigenvalue weighted by Crippen LogP contribution is 1.96. The van der Waals surface area contributed by atoms with Gasteiger partial charge in [0.1, 0.15) is 0 Å². The predicted molar refractivity (Wildman–Crippen MR) is 68.5 cm³/mol. The quantitative estimate of drug-likeness (QED) is 0.577. The number of aromatic nitrogens is 2. The summed E-state index contributed by atoms with van der Waals surface area (Å²) < 4.78 is 17.5. The molecule has 0 atom stereocenters. The van der Waals surface area contributed by atoms with Crippen LogP contribution in [0.1, 0.15) is 5.56 Å². The van der Waals surface area contributed by atoms with Crippen molar-refractivity contribution in [2.45, 2.75) is 13.1 Å². The van der Waals surface area contributed by atoms with Gasteiger partial charge in [-0.15, -0.1) is 0 Å². The van der Waals surface area contributed by atoms with E-state index in [0.717, 1.165) is 13.1 Å². The van der Waals surface area contributed by atoms with Gasteiger partial charge in [-0.1, -0.05) is 0 Å². The molecule has 0 unspecified atom stereocenters. The Labute approximate surface area is 108 Å². The molecule has 0 spiro atoms. The molecule has 6 nitrogen and oxygen atoms in total. The molecule has 0 aromatic carbocycles. The molecule has 1 aromatic heterocycles. The van der Waals surface area contributed by atoms with Crippen molar-refractivity contribution in [3.05, 3.63) is 18.0 Å². The SMILES string of the molecule is CNCc1cnn(CCOCCOCCOC)c1. The van der Waals surface area contributed by atoms with E-state index in [0.29, 0.717) is 33.0 Å². The van der Waals surface area contributed by atoms with Gasteiger partial charge in [0.15, 0.2) is 0 Å². The first-order valence-electron chi connectivity index (χ1n) is 6.17. The number of nitrogens with zero attached hydrogens (tertiary/aromatic N) is 2. The molecule has 0 radical (unpaired) electrons. The summed E-state index contributed by atoms with van der Waals surface area (Å²) in [4.78, 5) is 0. The van der Waals surface area contributed by atoms with Crippen molar-refractivity contribution in [2.24, 2.45) is 0 Å². The molecule has 1 aromatic rings. The Morgan fingerprint density at radius 3 is 2.61 bits per heavy atom. The molecule has 1 heterocycles. The molecule has 0 aliphatic rings. The Bertz CT molecular complexity index is 305. The third-order valence-corrected chi connectivity index (χ3v) is 2.34. The third-order valence-electron chi connectivity index (χ3n) is 2.34. The molecule has 0 aliphatic heterocycles. The normalized spacial score (nSPS) is 11.0. The minimum atomic E-state index is 0.605. The van der Waals surface area contributed by atoms with Gasteiger partial charge in [0, 0.05) is 25.4 Å². The van der Waals surface area contributed by atoms with Gasteiger partial charge in [0.05, 0.1) is 45.8 Å². The molecule has 0 aliphatic carbocycles. The van der Waals surface area contributed by atoms with Crippen LogP contribution in [-0.4, -0.2) is 57.0 Å². The zero-order valence-corrected chi connectivity index (χ0v) is 11.2. The summed E-state index contributed by atoms with van der Waals surface area (Å²) in [6.45, 7) is 4.71. The van der Waals surface area contributed by atoms with Gasteiger partial charge in [-0.05, 0) is 7.05 Å². The fraction of sp³-hybridized carbons (Fsp3) is 0.750. The molecule has 104 valence electrons. The van der Waals surface area contributed by atoms with Crippen molar-refractivity contribution in [1.82, 2.24) is 15.1 Å². The monoisotopic (exact) mass is 257 g/mol. The van der Waals surface area contributed by atoms with Gasteiger partial charge in [-0.25, -0.2) is 0 Å². The Morgan fingerprint density at radius 2 is 1.89 bits per heavy atom. The van der Waals surface area contributed by atoms with Crippen LogP contribution in [0.2, 0.25) is 0 Å². The highest BCUT2D eigenvalue weighted by molar-refractivity contribution is 5.02. The van der Waals surface area contributed by atoms with Crippen molar-refractivity contribution < 1.29 is 14.2 Å². The van der Waals surface area contributed by atoms with E-state index in [-0.39, 0.29) is 0 Å². The van der Waals surface area contributed by atoms with Crippen LogP contribution in [-0.2, 0) is 27.3 Å². The number of hydrogen-bond acceptors (Lipinski definition) is 5. The topological polar surface area (TPSA) is 57.5 Å². The smallest absolute Gasteiger partial charge is 0.0701 e. The van der Waals surface area contributed by atoms with E-state index in [4.69, 9.17) is 14.2 Å². The fourth-order valence-corrected chi connectivity index (χ4v) is 1.45. The van der Waals surface area contributed by atoms with Crippen molar-refractivity contribution in [3.8, 4) is 0 Å². The lowest BCUT2D eigenvalue weighted by molar-refractivity contribution is 0.0225. The predicted octanol–water partition coefficient (Wildman–Crippen LogP) is 0.282. The summed E-state index contributed by atoms with van der Waals surface area (Å²) >= 11 is 0. The van der Waals surface area contributed by atoms with Crippen LogP contribution in [0.5, 0.6) is 0 Å². The second-order valence-electron chi connectivity index (χ2n) is 3.86. The molecule has 0 amide bonds. The van der Waals surface area contributed by atoms with E-state index in [1.165, 1.54) is 5.56 Å². The van der Waals surface area contributed by atoms with Crippen LogP contribution in [0.4, 0.5) is 0 Å². The minimum Gasteiger partial charge on any atom is -0.382 e. The lowest BCUT2D eigenvalue weighted by atomic mass is 10.4. The Kier molecular flexibility index (Phi) is 8.41. The second kappa shape index (κ2) is 10.0.